The molecule has 1 unspecified atom stereocenters. The van der Waals surface area contributed by atoms with E-state index in [1.54, 1.807) is 37.7 Å². The van der Waals surface area contributed by atoms with Gasteiger partial charge in [0.05, 0.1) is 7.11 Å². The molecule has 0 saturated carbocycles. The maximum absolute atomic E-state index is 14.5. The normalized spacial score (nSPS) is 17.5. The van der Waals surface area contributed by atoms with Gasteiger partial charge in [0.25, 0.3) is 0 Å². The predicted molar refractivity (Wildman–Crippen MR) is 95.8 cm³/mol. The van der Waals surface area contributed by atoms with E-state index in [9.17, 15) is 9.18 Å². The van der Waals surface area contributed by atoms with Crippen LogP contribution in [0.1, 0.15) is 17.5 Å². The Hall–Kier alpha value is -2.75. The van der Waals surface area contributed by atoms with Crippen LogP contribution in [-0.2, 0) is 11.2 Å². The van der Waals surface area contributed by atoms with Crippen LogP contribution in [0.5, 0.6) is 5.75 Å². The Morgan fingerprint density at radius 1 is 1.20 bits per heavy atom. The van der Waals surface area contributed by atoms with Gasteiger partial charge in [0.1, 0.15) is 5.75 Å². The zero-order valence-electron chi connectivity index (χ0n) is 14.0. The number of alkyl halides is 1. The number of methoxy groups -OCH3 is 1. The average Bonchev–Trinajstić information content (AvgIpc) is 2.67. The van der Waals surface area contributed by atoms with Gasteiger partial charge in [-0.15, -0.1) is 0 Å². The molecule has 0 bridgehead atoms. The number of halogens is 1. The van der Waals surface area contributed by atoms with E-state index >= 15 is 0 Å². The van der Waals surface area contributed by atoms with Gasteiger partial charge in [-0.2, -0.15) is 0 Å². The lowest BCUT2D eigenvalue weighted by atomic mass is 9.85. The fourth-order valence-electron chi connectivity index (χ4n) is 2.86. The zero-order chi connectivity index (χ0) is 17.8. The molecule has 3 rings (SSSR count). The van der Waals surface area contributed by atoms with Gasteiger partial charge >= 0.3 is 0 Å². The summed E-state index contributed by atoms with van der Waals surface area (Å²) in [5.41, 5.74) is 3.13. The van der Waals surface area contributed by atoms with Crippen LogP contribution >= 0.6 is 0 Å². The predicted octanol–water partition coefficient (Wildman–Crippen LogP) is 4.16. The maximum Gasteiger partial charge on any atom is 0.197 e. The Morgan fingerprint density at radius 3 is 2.60 bits per heavy atom. The van der Waals surface area contributed by atoms with Gasteiger partial charge in [-0.25, -0.2) is 4.39 Å². The summed E-state index contributed by atoms with van der Waals surface area (Å²) in [6, 6.07) is 11.2. The molecule has 25 heavy (non-hydrogen) atoms. The highest BCUT2D eigenvalue weighted by Gasteiger charge is 2.30. The summed E-state index contributed by atoms with van der Waals surface area (Å²) >= 11 is 0. The average molecular weight is 336 g/mol. The van der Waals surface area contributed by atoms with Crippen LogP contribution in [0.15, 0.2) is 66.0 Å². The standard InChI is InChI=1S/C21H19FNO2/c1-14-16(8-5-15-6-9-18(25-2)10-7-15)12-19(20(22)21(14)24)17-4-3-11-23-13-17/h3-4,6-7,9-13,20H,1,5,8H2,2H3. The van der Waals surface area contributed by atoms with Crippen molar-refractivity contribution in [1.82, 2.24) is 4.98 Å². The molecular weight excluding hydrogens is 317 g/mol. The van der Waals surface area contributed by atoms with Gasteiger partial charge in [0.2, 0.25) is 0 Å². The fraction of sp³-hybridized carbons (Fsp3) is 0.190. The highest BCUT2D eigenvalue weighted by Crippen LogP contribution is 2.32. The summed E-state index contributed by atoms with van der Waals surface area (Å²) in [6.45, 7) is 3.79. The van der Waals surface area contributed by atoms with Crippen molar-refractivity contribution in [2.24, 2.45) is 0 Å². The number of aryl methyl sites for hydroxylation is 1. The Balaban J connectivity index is 1.83. The number of hydrogen-bond donors (Lipinski definition) is 0. The molecule has 1 aliphatic rings. The number of pyridine rings is 1. The minimum absolute atomic E-state index is 0.258. The second-order valence-electron chi connectivity index (χ2n) is 5.92. The molecule has 1 radical (unpaired) electrons. The molecule has 1 heterocycles. The summed E-state index contributed by atoms with van der Waals surface area (Å²) in [6.07, 6.45) is 4.61. The van der Waals surface area contributed by atoms with Crippen LogP contribution in [-0.4, -0.2) is 24.0 Å². The van der Waals surface area contributed by atoms with E-state index in [0.717, 1.165) is 23.3 Å². The third-order valence-corrected chi connectivity index (χ3v) is 4.35. The molecule has 0 aliphatic heterocycles. The van der Waals surface area contributed by atoms with E-state index < -0.39 is 12.0 Å². The van der Waals surface area contributed by atoms with Crippen molar-refractivity contribution < 1.29 is 13.9 Å². The van der Waals surface area contributed by atoms with Crippen molar-refractivity contribution in [3.05, 3.63) is 84.1 Å². The maximum atomic E-state index is 14.5. The first-order chi connectivity index (χ1) is 12.1. The number of carbonyl (C=O) groups is 1. The first-order valence-electron chi connectivity index (χ1n) is 8.08. The van der Waals surface area contributed by atoms with Gasteiger partial charge in [-0.1, -0.05) is 24.3 Å². The minimum Gasteiger partial charge on any atom is -0.497 e. The van der Waals surface area contributed by atoms with E-state index in [2.05, 4.69) is 11.9 Å². The molecule has 0 spiro atoms. The monoisotopic (exact) mass is 336 g/mol. The quantitative estimate of drug-likeness (QED) is 0.823. The number of Topliss-reactive ketones (excluding diaryl/α,β-unsaturated/α-hetero) is 1. The highest BCUT2D eigenvalue weighted by atomic mass is 19.1. The fourth-order valence-corrected chi connectivity index (χ4v) is 2.86. The molecule has 1 atom stereocenters. The number of ketones is 1. The largest absolute Gasteiger partial charge is 0.497 e. The SMILES string of the molecule is [CH2]C1=C(CCc2ccc(OC)cc2)C=C(c2cccnc2)C(F)C1=O. The first-order valence-corrected chi connectivity index (χ1v) is 8.08. The number of hydrogen-bond acceptors (Lipinski definition) is 3. The molecule has 0 fully saturated rings. The Morgan fingerprint density at radius 2 is 1.96 bits per heavy atom. The van der Waals surface area contributed by atoms with E-state index in [0.29, 0.717) is 17.6 Å². The second kappa shape index (κ2) is 7.43. The lowest BCUT2D eigenvalue weighted by Crippen LogP contribution is -2.23. The topological polar surface area (TPSA) is 39.2 Å². The summed E-state index contributed by atoms with van der Waals surface area (Å²) in [5, 5.41) is 0. The molecule has 127 valence electrons. The third kappa shape index (κ3) is 3.68. The lowest BCUT2D eigenvalue weighted by Gasteiger charge is -2.21. The highest BCUT2D eigenvalue weighted by molar-refractivity contribution is 6.10. The van der Waals surface area contributed by atoms with Crippen LogP contribution < -0.4 is 4.74 Å². The minimum atomic E-state index is -1.68. The van der Waals surface area contributed by atoms with Crippen molar-refractivity contribution in [2.75, 3.05) is 7.11 Å². The van der Waals surface area contributed by atoms with Crippen molar-refractivity contribution in [2.45, 2.75) is 19.0 Å². The molecular formula is C21H19FNO2. The van der Waals surface area contributed by atoms with Crippen molar-refractivity contribution >= 4 is 11.4 Å². The number of rotatable bonds is 5. The summed E-state index contributed by atoms with van der Waals surface area (Å²) in [5.74, 6) is 0.235. The molecule has 1 aromatic heterocycles. The van der Waals surface area contributed by atoms with Crippen molar-refractivity contribution in [3.8, 4) is 5.75 Å². The molecule has 0 amide bonds. The molecule has 3 nitrogen and oxygen atoms in total. The van der Waals surface area contributed by atoms with Gasteiger partial charge in [0.15, 0.2) is 12.0 Å². The van der Waals surface area contributed by atoms with E-state index in [1.807, 2.05) is 24.3 Å². The molecule has 2 aromatic rings. The smallest absolute Gasteiger partial charge is 0.197 e. The van der Waals surface area contributed by atoms with Crippen molar-refractivity contribution in [3.63, 3.8) is 0 Å². The second-order valence-corrected chi connectivity index (χ2v) is 5.92. The number of nitrogens with zero attached hydrogens (tertiary/aromatic N) is 1. The molecule has 1 aliphatic carbocycles. The van der Waals surface area contributed by atoms with Gasteiger partial charge in [0, 0.05) is 23.5 Å². The summed E-state index contributed by atoms with van der Waals surface area (Å²) in [4.78, 5) is 16.3. The van der Waals surface area contributed by atoms with Crippen LogP contribution in [0.2, 0.25) is 0 Å². The Bertz CT molecular complexity index is 823. The first kappa shape index (κ1) is 17.1. The molecule has 4 heteroatoms. The van der Waals surface area contributed by atoms with Crippen LogP contribution in [0.25, 0.3) is 5.57 Å². The zero-order valence-corrected chi connectivity index (χ0v) is 14.0. The number of benzene rings is 1. The Kier molecular flexibility index (Phi) is 5.08. The van der Waals surface area contributed by atoms with Crippen LogP contribution in [0, 0.1) is 6.92 Å². The molecule has 0 N–H and O–H groups in total. The summed E-state index contributed by atoms with van der Waals surface area (Å²) in [7, 11) is 1.63. The van der Waals surface area contributed by atoms with E-state index in [-0.39, 0.29) is 5.57 Å². The van der Waals surface area contributed by atoms with Crippen molar-refractivity contribution in [1.29, 1.82) is 0 Å². The molecule has 0 saturated heterocycles. The number of ether oxygens (including phenoxy) is 1. The van der Waals surface area contributed by atoms with Crippen LogP contribution in [0.4, 0.5) is 4.39 Å². The lowest BCUT2D eigenvalue weighted by molar-refractivity contribution is -0.118. The number of allylic oxidation sites excluding steroid dienone is 4. The van der Waals surface area contributed by atoms with E-state index in [1.165, 1.54) is 0 Å². The third-order valence-electron chi connectivity index (χ3n) is 4.35. The van der Waals surface area contributed by atoms with Gasteiger partial charge < -0.3 is 4.74 Å². The van der Waals surface area contributed by atoms with Gasteiger partial charge in [-0.05, 0) is 54.7 Å². The number of carbonyl (C=O) groups excluding carboxylic acids is 1. The van der Waals surface area contributed by atoms with Gasteiger partial charge in [-0.3, -0.25) is 9.78 Å². The molecule has 1 aromatic carbocycles. The van der Waals surface area contributed by atoms with Crippen LogP contribution in [0.3, 0.4) is 0 Å². The number of aromatic nitrogens is 1. The Labute approximate surface area is 146 Å². The summed E-state index contributed by atoms with van der Waals surface area (Å²) < 4.78 is 19.6. The van der Waals surface area contributed by atoms with E-state index in [4.69, 9.17) is 4.74 Å².